The molecule has 1 amide bonds. The summed E-state index contributed by atoms with van der Waals surface area (Å²) in [5.74, 6) is -0.155. The first kappa shape index (κ1) is 19.2. The van der Waals surface area contributed by atoms with Gasteiger partial charge in [-0.15, -0.1) is 11.3 Å². The number of nitrogens with zero attached hydrogens (tertiary/aromatic N) is 1. The molecule has 0 radical (unpaired) electrons. The first-order valence-electron chi connectivity index (χ1n) is 8.14. The van der Waals surface area contributed by atoms with Crippen LogP contribution < -0.4 is 5.32 Å². The number of aryl methyl sites for hydroxylation is 1. The molecular weight excluding hydrogens is 388 g/mol. The summed E-state index contributed by atoms with van der Waals surface area (Å²) in [5, 5.41) is 12.5. The van der Waals surface area contributed by atoms with Crippen LogP contribution in [-0.4, -0.2) is 29.1 Å². The van der Waals surface area contributed by atoms with Crippen LogP contribution in [0.15, 0.2) is 46.8 Å². The number of aliphatic hydroxyl groups excluding tert-OH is 1. The highest BCUT2D eigenvalue weighted by Gasteiger charge is 2.37. The first-order chi connectivity index (χ1) is 12.4. The Morgan fingerprint density at radius 1 is 1.31 bits per heavy atom. The van der Waals surface area contributed by atoms with Crippen molar-refractivity contribution in [1.29, 1.82) is 0 Å². The van der Waals surface area contributed by atoms with Gasteiger partial charge in [0, 0.05) is 11.6 Å². The fourth-order valence-electron chi connectivity index (χ4n) is 2.54. The van der Waals surface area contributed by atoms with Gasteiger partial charge in [0.15, 0.2) is 4.34 Å². The lowest BCUT2D eigenvalue weighted by Crippen LogP contribution is -2.41. The molecule has 3 aromatic rings. The van der Waals surface area contributed by atoms with Crippen molar-refractivity contribution in [3.63, 3.8) is 0 Å². The molecule has 1 aromatic heterocycles. The molecule has 1 atom stereocenters. The van der Waals surface area contributed by atoms with Crippen molar-refractivity contribution in [3.8, 4) is 0 Å². The van der Waals surface area contributed by atoms with Gasteiger partial charge in [-0.2, -0.15) is 0 Å². The molecule has 1 unspecified atom stereocenters. The topological polar surface area (TPSA) is 62.2 Å². The molecule has 2 aromatic carbocycles. The fourth-order valence-corrected chi connectivity index (χ4v) is 5.24. The van der Waals surface area contributed by atoms with Crippen molar-refractivity contribution in [2.75, 3.05) is 13.2 Å². The number of carbonyl (C=O) groups excluding carboxylic acids is 1. The zero-order valence-corrected chi connectivity index (χ0v) is 16.8. The van der Waals surface area contributed by atoms with Crippen LogP contribution in [0.2, 0.25) is 5.02 Å². The molecule has 0 bridgehead atoms. The van der Waals surface area contributed by atoms with Crippen LogP contribution in [0.25, 0.3) is 10.2 Å². The maximum atomic E-state index is 12.9. The van der Waals surface area contributed by atoms with E-state index in [1.54, 1.807) is 0 Å². The number of thioether (sulfide) groups is 1. The van der Waals surface area contributed by atoms with Crippen molar-refractivity contribution in [2.24, 2.45) is 0 Å². The predicted molar refractivity (Wildman–Crippen MR) is 109 cm³/mol. The van der Waals surface area contributed by atoms with Gasteiger partial charge < -0.3 is 10.4 Å². The van der Waals surface area contributed by atoms with E-state index in [4.69, 9.17) is 16.7 Å². The van der Waals surface area contributed by atoms with Crippen LogP contribution in [0.4, 0.5) is 0 Å². The maximum absolute atomic E-state index is 12.9. The molecule has 7 heteroatoms. The predicted octanol–water partition coefficient (Wildman–Crippen LogP) is 4.37. The van der Waals surface area contributed by atoms with E-state index in [1.165, 1.54) is 23.1 Å². The Morgan fingerprint density at radius 3 is 2.73 bits per heavy atom. The number of rotatable bonds is 6. The second-order valence-corrected chi connectivity index (χ2v) is 9.21. The highest BCUT2D eigenvalue weighted by molar-refractivity contribution is 8.02. The van der Waals surface area contributed by atoms with Crippen molar-refractivity contribution >= 4 is 50.8 Å². The van der Waals surface area contributed by atoms with E-state index in [0.717, 1.165) is 25.7 Å². The van der Waals surface area contributed by atoms with Gasteiger partial charge in [0.1, 0.15) is 4.75 Å². The summed E-state index contributed by atoms with van der Waals surface area (Å²) >= 11 is 9.00. The van der Waals surface area contributed by atoms with E-state index in [-0.39, 0.29) is 19.1 Å². The standard InChI is InChI=1S/C19H19ClN2O2S2/c1-12-3-5-13(6-4-12)19(2,17(24)21-9-10-23)26-18-22-15-11-14(20)7-8-16(15)25-18/h3-8,11,23H,9-10H2,1-2H3,(H,21,24). The SMILES string of the molecule is Cc1ccc(C(C)(Sc2nc3cc(Cl)ccc3s2)C(=O)NCCO)cc1. The molecule has 0 saturated carbocycles. The molecule has 0 aliphatic carbocycles. The van der Waals surface area contributed by atoms with E-state index >= 15 is 0 Å². The van der Waals surface area contributed by atoms with Crippen LogP contribution in [0.5, 0.6) is 0 Å². The van der Waals surface area contributed by atoms with Crippen LogP contribution in [0, 0.1) is 6.92 Å². The molecule has 136 valence electrons. The molecule has 3 rings (SSSR count). The summed E-state index contributed by atoms with van der Waals surface area (Å²) in [7, 11) is 0. The Bertz CT molecular complexity index is 927. The van der Waals surface area contributed by atoms with E-state index < -0.39 is 4.75 Å². The zero-order chi connectivity index (χ0) is 18.7. The minimum absolute atomic E-state index is 0.0972. The van der Waals surface area contributed by atoms with Crippen LogP contribution >= 0.6 is 34.7 Å². The van der Waals surface area contributed by atoms with Gasteiger partial charge in [-0.1, -0.05) is 53.2 Å². The summed E-state index contributed by atoms with van der Waals surface area (Å²) < 4.78 is 0.962. The summed E-state index contributed by atoms with van der Waals surface area (Å²) in [5.41, 5.74) is 2.85. The third-order valence-electron chi connectivity index (χ3n) is 4.05. The minimum atomic E-state index is -0.861. The Hall–Kier alpha value is -1.60. The molecule has 26 heavy (non-hydrogen) atoms. The van der Waals surface area contributed by atoms with Gasteiger partial charge in [0.2, 0.25) is 5.91 Å². The smallest absolute Gasteiger partial charge is 0.241 e. The van der Waals surface area contributed by atoms with Crippen molar-refractivity contribution in [1.82, 2.24) is 10.3 Å². The number of amides is 1. The Balaban J connectivity index is 1.98. The quantitative estimate of drug-likeness (QED) is 0.596. The average Bonchev–Trinajstić information content (AvgIpc) is 3.01. The van der Waals surface area contributed by atoms with E-state index in [0.29, 0.717) is 5.02 Å². The lowest BCUT2D eigenvalue weighted by atomic mass is 9.98. The fraction of sp³-hybridized carbons (Fsp3) is 0.263. The van der Waals surface area contributed by atoms with Crippen LogP contribution in [0.1, 0.15) is 18.1 Å². The number of aromatic nitrogens is 1. The number of fused-ring (bicyclic) bond motifs is 1. The molecule has 2 N–H and O–H groups in total. The zero-order valence-electron chi connectivity index (χ0n) is 14.5. The van der Waals surface area contributed by atoms with Gasteiger partial charge in [0.25, 0.3) is 0 Å². The largest absolute Gasteiger partial charge is 0.395 e. The number of halogens is 1. The number of hydrogen-bond acceptors (Lipinski definition) is 5. The number of thiazole rings is 1. The third kappa shape index (κ3) is 4.04. The number of aliphatic hydroxyl groups is 1. The van der Waals surface area contributed by atoms with Gasteiger partial charge in [-0.25, -0.2) is 4.98 Å². The number of benzene rings is 2. The Kier molecular flexibility index (Phi) is 5.87. The number of nitrogens with one attached hydrogen (secondary N) is 1. The molecule has 0 aliphatic heterocycles. The lowest BCUT2D eigenvalue weighted by molar-refractivity contribution is -0.123. The van der Waals surface area contributed by atoms with Gasteiger partial charge in [-0.3, -0.25) is 4.79 Å². The summed E-state index contributed by atoms with van der Waals surface area (Å²) in [6.07, 6.45) is 0. The normalized spacial score (nSPS) is 13.5. The second-order valence-electron chi connectivity index (χ2n) is 6.07. The highest BCUT2D eigenvalue weighted by atomic mass is 35.5. The molecule has 0 fully saturated rings. The second kappa shape index (κ2) is 7.96. The van der Waals surface area contributed by atoms with Crippen LogP contribution in [-0.2, 0) is 9.54 Å². The summed E-state index contributed by atoms with van der Waals surface area (Å²) in [4.78, 5) is 17.5. The molecule has 0 aliphatic rings. The third-order valence-corrected chi connectivity index (χ3v) is 6.72. The minimum Gasteiger partial charge on any atom is -0.395 e. The Morgan fingerprint density at radius 2 is 2.04 bits per heavy atom. The van der Waals surface area contributed by atoms with Crippen LogP contribution in [0.3, 0.4) is 0 Å². The lowest BCUT2D eigenvalue weighted by Gasteiger charge is -2.27. The molecule has 1 heterocycles. The van der Waals surface area contributed by atoms with Crippen molar-refractivity contribution < 1.29 is 9.90 Å². The number of hydrogen-bond donors (Lipinski definition) is 2. The summed E-state index contributed by atoms with van der Waals surface area (Å²) in [6.45, 7) is 4.02. The van der Waals surface area contributed by atoms with E-state index in [1.807, 2.05) is 56.3 Å². The highest BCUT2D eigenvalue weighted by Crippen LogP contribution is 2.44. The van der Waals surface area contributed by atoms with E-state index in [9.17, 15) is 4.79 Å². The van der Waals surface area contributed by atoms with E-state index in [2.05, 4.69) is 10.3 Å². The first-order valence-corrected chi connectivity index (χ1v) is 10.1. The van der Waals surface area contributed by atoms with Gasteiger partial charge in [0.05, 0.1) is 16.8 Å². The van der Waals surface area contributed by atoms with Crippen molar-refractivity contribution in [2.45, 2.75) is 22.9 Å². The van der Waals surface area contributed by atoms with Crippen molar-refractivity contribution in [3.05, 3.63) is 58.6 Å². The monoisotopic (exact) mass is 406 g/mol. The average molecular weight is 407 g/mol. The number of carbonyl (C=O) groups is 1. The molecule has 0 saturated heterocycles. The molecular formula is C19H19ClN2O2S2. The summed E-state index contributed by atoms with van der Waals surface area (Å²) in [6, 6.07) is 13.5. The van der Waals surface area contributed by atoms with Gasteiger partial charge >= 0.3 is 0 Å². The molecule has 4 nitrogen and oxygen atoms in total. The Labute approximate surface area is 165 Å². The molecule has 0 spiro atoms. The maximum Gasteiger partial charge on any atom is 0.241 e. The van der Waals surface area contributed by atoms with Gasteiger partial charge in [-0.05, 0) is 37.6 Å².